The molecule has 10 heteroatoms. The molecule has 2 amide bonds. The fourth-order valence-electron chi connectivity index (χ4n) is 4.47. The van der Waals surface area contributed by atoms with Crippen molar-refractivity contribution in [2.24, 2.45) is 0 Å². The highest BCUT2D eigenvalue weighted by molar-refractivity contribution is 5.95. The van der Waals surface area contributed by atoms with E-state index in [0.29, 0.717) is 0 Å². The molecular weight excluding hydrogens is 442 g/mol. The number of hydrogen-bond acceptors (Lipinski definition) is 7. The zero-order valence-electron chi connectivity index (χ0n) is 17.9. The maximum Gasteiger partial charge on any atom is 0.414 e. The molecule has 1 atom stereocenters. The lowest BCUT2D eigenvalue weighted by Gasteiger charge is -2.18. The summed E-state index contributed by atoms with van der Waals surface area (Å²) in [6.07, 6.45) is -0.852. The van der Waals surface area contributed by atoms with Crippen molar-refractivity contribution in [2.45, 2.75) is 17.9 Å². The van der Waals surface area contributed by atoms with Crippen molar-refractivity contribution >= 4 is 23.9 Å². The van der Waals surface area contributed by atoms with Crippen LogP contribution in [0.1, 0.15) is 34.0 Å². The molecule has 1 aliphatic heterocycles. The zero-order valence-corrected chi connectivity index (χ0v) is 17.9. The number of fused-ring (bicyclic) bond motifs is 3. The van der Waals surface area contributed by atoms with Gasteiger partial charge in [-0.2, -0.15) is 0 Å². The molecule has 2 aromatic carbocycles. The summed E-state index contributed by atoms with van der Waals surface area (Å²) in [5, 5.41) is 25.2. The Morgan fingerprint density at radius 3 is 2.38 bits per heavy atom. The first-order chi connectivity index (χ1) is 16.4. The van der Waals surface area contributed by atoms with Gasteiger partial charge in [0.2, 0.25) is 5.88 Å². The summed E-state index contributed by atoms with van der Waals surface area (Å²) < 4.78 is 10.4. The standard InChI is InChI=1S/C24H21N3O7/c28-21(27-10-9-24(32,13-27)22(29)30)19-11-20(34-26-19)25-23(31)33-12-18-16-7-3-1-5-14(16)15-6-2-4-8-17(15)18/h1-8,11,18,32H,9-10,12-13H2,(H,25,31)(H,29,30). The minimum absolute atomic E-state index is 0.0592. The number of likely N-dealkylation sites (tertiary alicyclic amines) is 1. The largest absolute Gasteiger partial charge is 0.479 e. The molecular formula is C24H21N3O7. The number of carboxylic acids is 1. The maximum absolute atomic E-state index is 12.5. The van der Waals surface area contributed by atoms with Crippen molar-refractivity contribution < 1.29 is 33.9 Å². The normalized spacial score (nSPS) is 18.9. The number of β-amino-alcohol motifs (C(OH)–C–C–N with tert-alkyl or cyclic N) is 1. The number of aliphatic hydroxyl groups is 1. The molecule has 1 saturated heterocycles. The third kappa shape index (κ3) is 3.77. The molecule has 0 saturated carbocycles. The number of nitrogens with zero attached hydrogens (tertiary/aromatic N) is 2. The fourth-order valence-corrected chi connectivity index (χ4v) is 4.47. The van der Waals surface area contributed by atoms with Gasteiger partial charge in [0.1, 0.15) is 6.61 Å². The number of ether oxygens (including phenoxy) is 1. The topological polar surface area (TPSA) is 142 Å². The van der Waals surface area contributed by atoms with Crippen molar-refractivity contribution in [3.8, 4) is 11.1 Å². The first-order valence-corrected chi connectivity index (χ1v) is 10.7. The van der Waals surface area contributed by atoms with Gasteiger partial charge in [-0.3, -0.25) is 10.1 Å². The second-order valence-corrected chi connectivity index (χ2v) is 8.34. The van der Waals surface area contributed by atoms with Gasteiger partial charge < -0.3 is 24.4 Å². The minimum atomic E-state index is -1.98. The fraction of sp³-hybridized carbons (Fsp3) is 0.250. The Kier molecular flexibility index (Phi) is 5.29. The van der Waals surface area contributed by atoms with E-state index in [0.717, 1.165) is 22.3 Å². The third-order valence-electron chi connectivity index (χ3n) is 6.23. The summed E-state index contributed by atoms with van der Waals surface area (Å²) in [7, 11) is 0. The highest BCUT2D eigenvalue weighted by Crippen LogP contribution is 2.44. The van der Waals surface area contributed by atoms with E-state index in [2.05, 4.69) is 10.5 Å². The van der Waals surface area contributed by atoms with Crippen LogP contribution >= 0.6 is 0 Å². The van der Waals surface area contributed by atoms with Crippen LogP contribution in [-0.4, -0.2) is 63.5 Å². The predicted octanol–water partition coefficient (Wildman–Crippen LogP) is 2.70. The highest BCUT2D eigenvalue weighted by Gasteiger charge is 2.45. The number of rotatable bonds is 5. The number of benzene rings is 2. The van der Waals surface area contributed by atoms with E-state index in [1.54, 1.807) is 0 Å². The third-order valence-corrected chi connectivity index (χ3v) is 6.23. The second-order valence-electron chi connectivity index (χ2n) is 8.34. The van der Waals surface area contributed by atoms with Crippen LogP contribution in [0, 0.1) is 0 Å². The smallest absolute Gasteiger partial charge is 0.414 e. The van der Waals surface area contributed by atoms with Gasteiger partial charge >= 0.3 is 12.1 Å². The summed E-state index contributed by atoms with van der Waals surface area (Å²) >= 11 is 0. The second kappa shape index (κ2) is 8.31. The number of anilines is 1. The first kappa shape index (κ1) is 21.7. The monoisotopic (exact) mass is 463 g/mol. The number of carbonyl (C=O) groups is 3. The number of carbonyl (C=O) groups excluding carboxylic acids is 2. The Balaban J connectivity index is 1.21. The molecule has 2 heterocycles. The van der Waals surface area contributed by atoms with Crippen molar-refractivity contribution in [3.05, 3.63) is 71.4 Å². The van der Waals surface area contributed by atoms with Crippen LogP contribution in [0.25, 0.3) is 11.1 Å². The predicted molar refractivity (Wildman–Crippen MR) is 118 cm³/mol. The molecule has 2 aliphatic rings. The molecule has 1 unspecified atom stereocenters. The van der Waals surface area contributed by atoms with Gasteiger partial charge in [0.05, 0.1) is 6.54 Å². The Bertz CT molecular complexity index is 1240. The Morgan fingerprint density at radius 1 is 1.12 bits per heavy atom. The van der Waals surface area contributed by atoms with Crippen LogP contribution in [0.15, 0.2) is 59.1 Å². The van der Waals surface area contributed by atoms with Crippen LogP contribution in [-0.2, 0) is 9.53 Å². The number of nitrogens with one attached hydrogen (secondary N) is 1. The van der Waals surface area contributed by atoms with Crippen molar-refractivity contribution in [2.75, 3.05) is 25.0 Å². The van der Waals surface area contributed by atoms with E-state index < -0.39 is 23.6 Å². The van der Waals surface area contributed by atoms with Gasteiger partial charge in [0.25, 0.3) is 5.91 Å². The van der Waals surface area contributed by atoms with Gasteiger partial charge in [-0.1, -0.05) is 53.7 Å². The summed E-state index contributed by atoms with van der Waals surface area (Å²) in [4.78, 5) is 37.3. The molecule has 10 nitrogen and oxygen atoms in total. The lowest BCUT2D eigenvalue weighted by molar-refractivity contribution is -0.156. The average molecular weight is 463 g/mol. The summed E-state index contributed by atoms with van der Waals surface area (Å²) in [6.45, 7) is -0.186. The van der Waals surface area contributed by atoms with Crippen molar-refractivity contribution in [1.82, 2.24) is 10.1 Å². The maximum atomic E-state index is 12.5. The highest BCUT2D eigenvalue weighted by atomic mass is 16.6. The SMILES string of the molecule is O=C(Nc1cc(C(=O)N2CCC(O)(C(=O)O)C2)no1)OCC1c2ccccc2-c2ccccc21. The van der Waals surface area contributed by atoms with E-state index >= 15 is 0 Å². The summed E-state index contributed by atoms with van der Waals surface area (Å²) in [5.74, 6) is -2.19. The molecule has 3 N–H and O–H groups in total. The van der Waals surface area contributed by atoms with Gasteiger partial charge in [-0.15, -0.1) is 0 Å². The van der Waals surface area contributed by atoms with Crippen LogP contribution in [0.4, 0.5) is 10.7 Å². The molecule has 5 rings (SSSR count). The van der Waals surface area contributed by atoms with Gasteiger partial charge in [-0.05, 0) is 22.3 Å². The average Bonchev–Trinajstić information content (AvgIpc) is 3.54. The van der Waals surface area contributed by atoms with Crippen LogP contribution < -0.4 is 5.32 Å². The van der Waals surface area contributed by atoms with Crippen molar-refractivity contribution in [1.29, 1.82) is 0 Å². The van der Waals surface area contributed by atoms with Gasteiger partial charge in [0, 0.05) is 24.9 Å². The zero-order chi connectivity index (χ0) is 23.9. The molecule has 0 spiro atoms. The van der Waals surface area contributed by atoms with E-state index in [4.69, 9.17) is 14.4 Å². The van der Waals surface area contributed by atoms with Crippen LogP contribution in [0.3, 0.4) is 0 Å². The van der Waals surface area contributed by atoms with E-state index in [-0.39, 0.29) is 43.6 Å². The molecule has 1 aromatic heterocycles. The number of aliphatic carboxylic acids is 1. The number of carboxylic acid groups (broad SMARTS) is 1. The lowest BCUT2D eigenvalue weighted by atomic mass is 9.98. The Morgan fingerprint density at radius 2 is 1.76 bits per heavy atom. The molecule has 0 bridgehead atoms. The number of amides is 2. The van der Waals surface area contributed by atoms with E-state index in [1.807, 2.05) is 48.5 Å². The summed E-state index contributed by atoms with van der Waals surface area (Å²) in [5.41, 5.74) is 2.28. The van der Waals surface area contributed by atoms with Crippen molar-refractivity contribution in [3.63, 3.8) is 0 Å². The van der Waals surface area contributed by atoms with Gasteiger partial charge in [-0.25, -0.2) is 9.59 Å². The molecule has 174 valence electrons. The van der Waals surface area contributed by atoms with Crippen LogP contribution in [0.5, 0.6) is 0 Å². The lowest BCUT2D eigenvalue weighted by Crippen LogP contribution is -2.42. The van der Waals surface area contributed by atoms with E-state index in [1.165, 1.54) is 11.0 Å². The Labute approximate surface area is 193 Å². The molecule has 3 aromatic rings. The minimum Gasteiger partial charge on any atom is -0.479 e. The molecule has 1 fully saturated rings. The van der Waals surface area contributed by atoms with E-state index in [9.17, 15) is 19.5 Å². The molecule has 34 heavy (non-hydrogen) atoms. The Hall–Kier alpha value is -4.18. The van der Waals surface area contributed by atoms with Gasteiger partial charge in [0.15, 0.2) is 11.3 Å². The number of hydrogen-bond donors (Lipinski definition) is 3. The quantitative estimate of drug-likeness (QED) is 0.524. The van der Waals surface area contributed by atoms with Crippen LogP contribution in [0.2, 0.25) is 0 Å². The molecule has 0 radical (unpaired) electrons. The number of aromatic nitrogens is 1. The molecule has 1 aliphatic carbocycles. The first-order valence-electron chi connectivity index (χ1n) is 10.7. The summed E-state index contributed by atoms with van der Waals surface area (Å²) in [6, 6.07) is 17.2.